The predicted octanol–water partition coefficient (Wildman–Crippen LogP) is 3.15. The lowest BCUT2D eigenvalue weighted by atomic mass is 10.0. The molecule has 1 saturated carbocycles. The minimum absolute atomic E-state index is 0.0156. The summed E-state index contributed by atoms with van der Waals surface area (Å²) in [5, 5.41) is 11.1. The van der Waals surface area contributed by atoms with Crippen LogP contribution in [-0.4, -0.2) is 16.1 Å². The van der Waals surface area contributed by atoms with E-state index >= 15 is 0 Å². The molecule has 116 valence electrons. The van der Waals surface area contributed by atoms with Gasteiger partial charge in [0.05, 0.1) is 6.04 Å². The van der Waals surface area contributed by atoms with E-state index in [1.165, 1.54) is 0 Å². The number of amides is 1. The monoisotopic (exact) mass is 299 g/mol. The van der Waals surface area contributed by atoms with Gasteiger partial charge in [0, 0.05) is 18.8 Å². The van der Waals surface area contributed by atoms with Crippen LogP contribution in [0.2, 0.25) is 0 Å². The Morgan fingerprint density at radius 2 is 2.09 bits per heavy atom. The van der Waals surface area contributed by atoms with Gasteiger partial charge in [-0.2, -0.15) is 0 Å². The lowest BCUT2D eigenvalue weighted by molar-refractivity contribution is -0.121. The molecule has 22 heavy (non-hydrogen) atoms. The maximum absolute atomic E-state index is 12.1. The number of nitrogens with one attached hydrogen (secondary N) is 1. The lowest BCUT2D eigenvalue weighted by Crippen LogP contribution is -2.28. The number of carbonyl (C=O) groups is 1. The van der Waals surface area contributed by atoms with Crippen LogP contribution in [0.5, 0.6) is 0 Å². The van der Waals surface area contributed by atoms with Crippen molar-refractivity contribution in [2.45, 2.75) is 51.0 Å². The zero-order chi connectivity index (χ0) is 15.4. The van der Waals surface area contributed by atoms with Crippen molar-refractivity contribution in [2.24, 2.45) is 0 Å². The van der Waals surface area contributed by atoms with Crippen LogP contribution in [-0.2, 0) is 11.2 Å². The molecule has 1 heterocycles. The first-order valence-corrected chi connectivity index (χ1v) is 7.93. The number of carbonyl (C=O) groups excluding carboxylic acids is 1. The molecule has 5 heteroatoms. The van der Waals surface area contributed by atoms with E-state index in [0.29, 0.717) is 24.7 Å². The van der Waals surface area contributed by atoms with Gasteiger partial charge in [0.15, 0.2) is 0 Å². The summed E-state index contributed by atoms with van der Waals surface area (Å²) >= 11 is 0. The molecule has 0 saturated heterocycles. The van der Waals surface area contributed by atoms with Gasteiger partial charge in [-0.3, -0.25) is 4.79 Å². The molecule has 2 aromatic rings. The molecule has 1 unspecified atom stereocenters. The minimum atomic E-state index is 0.0156. The first-order valence-electron chi connectivity index (χ1n) is 7.93. The topological polar surface area (TPSA) is 68.0 Å². The van der Waals surface area contributed by atoms with Crippen molar-refractivity contribution in [1.82, 2.24) is 15.5 Å². The SMILES string of the molecule is CCC(NC(=O)CCc1nnc(C2CC2)o1)c1ccccc1. The molecule has 1 N–H and O–H groups in total. The van der Waals surface area contributed by atoms with Crippen LogP contribution >= 0.6 is 0 Å². The Kier molecular flexibility index (Phi) is 4.51. The highest BCUT2D eigenvalue weighted by Crippen LogP contribution is 2.39. The van der Waals surface area contributed by atoms with Gasteiger partial charge in [-0.1, -0.05) is 37.3 Å². The van der Waals surface area contributed by atoms with Crippen molar-refractivity contribution in [1.29, 1.82) is 0 Å². The fourth-order valence-electron chi connectivity index (χ4n) is 2.46. The number of nitrogens with zero attached hydrogens (tertiary/aromatic N) is 2. The van der Waals surface area contributed by atoms with Gasteiger partial charge >= 0.3 is 0 Å². The van der Waals surface area contributed by atoms with E-state index in [9.17, 15) is 4.79 Å². The molecule has 1 aromatic heterocycles. The maximum Gasteiger partial charge on any atom is 0.220 e. The van der Waals surface area contributed by atoms with Gasteiger partial charge in [-0.25, -0.2) is 0 Å². The van der Waals surface area contributed by atoms with E-state index in [-0.39, 0.29) is 11.9 Å². The number of rotatable bonds is 7. The molecule has 1 aliphatic carbocycles. The minimum Gasteiger partial charge on any atom is -0.425 e. The van der Waals surface area contributed by atoms with Gasteiger partial charge in [0.2, 0.25) is 17.7 Å². The van der Waals surface area contributed by atoms with Crippen molar-refractivity contribution in [2.75, 3.05) is 0 Å². The third-order valence-electron chi connectivity index (χ3n) is 3.92. The summed E-state index contributed by atoms with van der Waals surface area (Å²) in [6.45, 7) is 2.07. The Morgan fingerprint density at radius 1 is 1.32 bits per heavy atom. The van der Waals surface area contributed by atoms with E-state index in [1.54, 1.807) is 0 Å². The normalized spacial score (nSPS) is 15.5. The molecule has 1 atom stereocenters. The van der Waals surface area contributed by atoms with Gasteiger partial charge in [-0.15, -0.1) is 10.2 Å². The molecule has 0 aliphatic heterocycles. The molecule has 1 aliphatic rings. The zero-order valence-corrected chi connectivity index (χ0v) is 12.8. The summed E-state index contributed by atoms with van der Waals surface area (Å²) in [7, 11) is 0. The maximum atomic E-state index is 12.1. The molecule has 0 spiro atoms. The number of benzene rings is 1. The molecule has 5 nitrogen and oxygen atoms in total. The fraction of sp³-hybridized carbons (Fsp3) is 0.471. The van der Waals surface area contributed by atoms with Crippen LogP contribution in [0.25, 0.3) is 0 Å². The Balaban J connectivity index is 1.50. The third kappa shape index (κ3) is 3.72. The van der Waals surface area contributed by atoms with Crippen molar-refractivity contribution >= 4 is 5.91 Å². The summed E-state index contributed by atoms with van der Waals surface area (Å²) in [5.41, 5.74) is 1.13. The predicted molar refractivity (Wildman–Crippen MR) is 82.2 cm³/mol. The Morgan fingerprint density at radius 3 is 2.77 bits per heavy atom. The second-order valence-corrected chi connectivity index (χ2v) is 5.75. The average molecular weight is 299 g/mol. The molecule has 3 rings (SSSR count). The summed E-state index contributed by atoms with van der Waals surface area (Å²) < 4.78 is 5.57. The lowest BCUT2D eigenvalue weighted by Gasteiger charge is -2.17. The summed E-state index contributed by atoms with van der Waals surface area (Å²) in [6, 6.07) is 10.1. The largest absolute Gasteiger partial charge is 0.425 e. The standard InChI is InChI=1S/C17H21N3O2/c1-2-14(12-6-4-3-5-7-12)18-15(21)10-11-16-19-20-17(22-16)13-8-9-13/h3-7,13-14H,2,8-11H2,1H3,(H,18,21). The van der Waals surface area contributed by atoms with Crippen LogP contribution < -0.4 is 5.32 Å². The van der Waals surface area contributed by atoms with E-state index in [0.717, 1.165) is 30.7 Å². The highest BCUT2D eigenvalue weighted by atomic mass is 16.4. The highest BCUT2D eigenvalue weighted by molar-refractivity contribution is 5.76. The van der Waals surface area contributed by atoms with Crippen LogP contribution in [0, 0.1) is 0 Å². The number of aromatic nitrogens is 2. The average Bonchev–Trinajstić information content (AvgIpc) is 3.30. The molecule has 1 aromatic carbocycles. The smallest absolute Gasteiger partial charge is 0.220 e. The van der Waals surface area contributed by atoms with Gasteiger partial charge < -0.3 is 9.73 Å². The second-order valence-electron chi connectivity index (χ2n) is 5.75. The van der Waals surface area contributed by atoms with Crippen molar-refractivity contribution < 1.29 is 9.21 Å². The van der Waals surface area contributed by atoms with Gasteiger partial charge in [0.25, 0.3) is 0 Å². The Bertz CT molecular complexity index is 620. The van der Waals surface area contributed by atoms with Crippen molar-refractivity contribution in [3.05, 3.63) is 47.7 Å². The van der Waals surface area contributed by atoms with Crippen molar-refractivity contribution in [3.63, 3.8) is 0 Å². The second kappa shape index (κ2) is 6.73. The molecule has 0 bridgehead atoms. The first kappa shape index (κ1) is 14.8. The van der Waals surface area contributed by atoms with Crippen LogP contribution in [0.3, 0.4) is 0 Å². The Labute approximate surface area is 130 Å². The summed E-state index contributed by atoms with van der Waals surface area (Å²) in [5.74, 6) is 1.76. The van der Waals surface area contributed by atoms with E-state index < -0.39 is 0 Å². The molecular weight excluding hydrogens is 278 g/mol. The van der Waals surface area contributed by atoms with Crippen LogP contribution in [0.15, 0.2) is 34.7 Å². The molecule has 0 radical (unpaired) electrons. The fourth-order valence-corrected chi connectivity index (χ4v) is 2.46. The van der Waals surface area contributed by atoms with E-state index in [1.807, 2.05) is 30.3 Å². The van der Waals surface area contributed by atoms with Gasteiger partial charge in [0.1, 0.15) is 0 Å². The third-order valence-corrected chi connectivity index (χ3v) is 3.92. The van der Waals surface area contributed by atoms with E-state index in [4.69, 9.17) is 4.42 Å². The van der Waals surface area contributed by atoms with Crippen molar-refractivity contribution in [3.8, 4) is 0 Å². The number of hydrogen-bond acceptors (Lipinski definition) is 4. The first-order chi connectivity index (χ1) is 10.8. The highest BCUT2D eigenvalue weighted by Gasteiger charge is 2.29. The summed E-state index contributed by atoms with van der Waals surface area (Å²) in [4.78, 5) is 12.1. The molecule has 1 fully saturated rings. The van der Waals surface area contributed by atoms with E-state index in [2.05, 4.69) is 22.4 Å². The van der Waals surface area contributed by atoms with Crippen LogP contribution in [0.1, 0.15) is 61.9 Å². The summed E-state index contributed by atoms with van der Waals surface area (Å²) in [6.07, 6.45) is 4.00. The molecular formula is C17H21N3O2. The zero-order valence-electron chi connectivity index (χ0n) is 12.8. The Hall–Kier alpha value is -2.17. The van der Waals surface area contributed by atoms with Gasteiger partial charge in [-0.05, 0) is 24.8 Å². The number of aryl methyl sites for hydroxylation is 1. The quantitative estimate of drug-likeness (QED) is 0.852. The number of hydrogen-bond donors (Lipinski definition) is 1. The van der Waals surface area contributed by atoms with Crippen LogP contribution in [0.4, 0.5) is 0 Å². The molecule has 1 amide bonds.